The number of ether oxygens (including phenoxy) is 1. The first-order chi connectivity index (χ1) is 11.6. The second-order valence-corrected chi connectivity index (χ2v) is 6.91. The summed E-state index contributed by atoms with van der Waals surface area (Å²) in [6, 6.07) is 7.44. The largest absolute Gasteiger partial charge is 0.494 e. The van der Waals surface area contributed by atoms with E-state index in [-0.39, 0.29) is 18.2 Å². The van der Waals surface area contributed by atoms with Crippen LogP contribution in [0.2, 0.25) is 0 Å². The molecule has 24 heavy (non-hydrogen) atoms. The Morgan fingerprint density at radius 1 is 1.08 bits per heavy atom. The summed E-state index contributed by atoms with van der Waals surface area (Å²) in [5.41, 5.74) is 0.723. The number of aliphatic carboxylic acids is 1. The summed E-state index contributed by atoms with van der Waals surface area (Å²) in [5, 5.41) is 8.82. The Morgan fingerprint density at radius 3 is 2.33 bits per heavy atom. The van der Waals surface area contributed by atoms with Gasteiger partial charge in [0.1, 0.15) is 5.75 Å². The molecule has 5 nitrogen and oxygen atoms in total. The van der Waals surface area contributed by atoms with Gasteiger partial charge in [-0.3, -0.25) is 14.5 Å². The van der Waals surface area contributed by atoms with Crippen molar-refractivity contribution in [3.63, 3.8) is 0 Å². The Labute approximate surface area is 142 Å². The van der Waals surface area contributed by atoms with Crippen LogP contribution in [-0.4, -0.2) is 48.0 Å². The molecule has 1 heterocycles. The number of rotatable bonds is 8. The number of nitrogens with zero attached hydrogens (tertiary/aromatic N) is 1. The van der Waals surface area contributed by atoms with Gasteiger partial charge in [-0.05, 0) is 62.5 Å². The Morgan fingerprint density at radius 2 is 1.75 bits per heavy atom. The number of hydrogen-bond donors (Lipinski definition) is 1. The van der Waals surface area contributed by atoms with Crippen molar-refractivity contribution in [2.45, 2.75) is 32.1 Å². The van der Waals surface area contributed by atoms with Crippen molar-refractivity contribution in [3.8, 4) is 5.75 Å². The number of piperidine rings is 1. The van der Waals surface area contributed by atoms with E-state index in [1.165, 1.54) is 12.8 Å². The van der Waals surface area contributed by atoms with E-state index < -0.39 is 5.97 Å². The summed E-state index contributed by atoms with van der Waals surface area (Å²) < 4.78 is 5.71. The van der Waals surface area contributed by atoms with Crippen LogP contribution >= 0.6 is 0 Å². The van der Waals surface area contributed by atoms with Gasteiger partial charge in [0.05, 0.1) is 13.2 Å². The van der Waals surface area contributed by atoms with Crippen molar-refractivity contribution in [1.82, 2.24) is 4.90 Å². The molecule has 0 spiro atoms. The number of carboxylic acids is 1. The maximum absolute atomic E-state index is 12.6. The highest BCUT2D eigenvalue weighted by atomic mass is 16.5. The van der Waals surface area contributed by atoms with Gasteiger partial charge < -0.3 is 9.84 Å². The van der Waals surface area contributed by atoms with Crippen LogP contribution in [0.1, 0.15) is 42.5 Å². The Balaban J connectivity index is 1.46. The Kier molecular flexibility index (Phi) is 5.51. The maximum Gasteiger partial charge on any atom is 0.317 e. The molecule has 1 aliphatic carbocycles. The van der Waals surface area contributed by atoms with Gasteiger partial charge in [0, 0.05) is 11.5 Å². The summed E-state index contributed by atoms with van der Waals surface area (Å²) in [5.74, 6) is 1.03. The second-order valence-electron chi connectivity index (χ2n) is 6.91. The molecule has 0 atom stereocenters. The van der Waals surface area contributed by atoms with Crippen molar-refractivity contribution in [2.24, 2.45) is 11.8 Å². The smallest absolute Gasteiger partial charge is 0.317 e. The standard InChI is InChI=1S/C19H25NO4/c21-18(22)13-20-10-7-16(8-11-20)19(23)15-3-5-17(6-4-15)24-12-9-14-1-2-14/h3-6,14,16H,1-2,7-13H2,(H,21,22). The van der Waals surface area contributed by atoms with Gasteiger partial charge in [-0.25, -0.2) is 0 Å². The number of ketones is 1. The number of carbonyl (C=O) groups is 2. The van der Waals surface area contributed by atoms with E-state index in [1.807, 2.05) is 29.2 Å². The molecular formula is C19H25NO4. The van der Waals surface area contributed by atoms with Crippen molar-refractivity contribution < 1.29 is 19.4 Å². The van der Waals surface area contributed by atoms with Crippen molar-refractivity contribution in [2.75, 3.05) is 26.2 Å². The van der Waals surface area contributed by atoms with Gasteiger partial charge in [0.2, 0.25) is 0 Å². The first-order valence-electron chi connectivity index (χ1n) is 8.83. The number of likely N-dealkylation sites (tertiary alicyclic amines) is 1. The van der Waals surface area contributed by atoms with Crippen LogP contribution in [-0.2, 0) is 4.79 Å². The van der Waals surface area contributed by atoms with Crippen molar-refractivity contribution in [3.05, 3.63) is 29.8 Å². The van der Waals surface area contributed by atoms with Gasteiger partial charge in [-0.15, -0.1) is 0 Å². The topological polar surface area (TPSA) is 66.8 Å². The van der Waals surface area contributed by atoms with Crippen LogP contribution < -0.4 is 4.74 Å². The van der Waals surface area contributed by atoms with Gasteiger partial charge in [-0.2, -0.15) is 0 Å². The normalized spacial score (nSPS) is 19.2. The van der Waals surface area contributed by atoms with Gasteiger partial charge in [0.25, 0.3) is 0 Å². The van der Waals surface area contributed by atoms with Crippen LogP contribution in [0.5, 0.6) is 5.75 Å². The number of hydrogen-bond acceptors (Lipinski definition) is 4. The molecule has 1 aromatic carbocycles. The summed E-state index contributed by atoms with van der Waals surface area (Å²) >= 11 is 0. The van der Waals surface area contributed by atoms with Gasteiger partial charge >= 0.3 is 5.97 Å². The van der Waals surface area contributed by atoms with Crippen LogP contribution in [0, 0.1) is 11.8 Å². The number of benzene rings is 1. The first-order valence-corrected chi connectivity index (χ1v) is 8.83. The lowest BCUT2D eigenvalue weighted by atomic mass is 9.89. The third-order valence-corrected chi connectivity index (χ3v) is 4.95. The molecule has 0 radical (unpaired) electrons. The summed E-state index contributed by atoms with van der Waals surface area (Å²) in [6.45, 7) is 2.16. The fourth-order valence-electron chi connectivity index (χ4n) is 3.25. The molecule has 130 valence electrons. The predicted molar refractivity (Wildman–Crippen MR) is 90.4 cm³/mol. The minimum Gasteiger partial charge on any atom is -0.494 e. The zero-order valence-electron chi connectivity index (χ0n) is 13.9. The molecule has 1 aromatic rings. The van der Waals surface area contributed by atoms with E-state index in [0.29, 0.717) is 13.1 Å². The van der Waals surface area contributed by atoms with E-state index >= 15 is 0 Å². The average molecular weight is 331 g/mol. The fourth-order valence-corrected chi connectivity index (χ4v) is 3.25. The van der Waals surface area contributed by atoms with E-state index in [9.17, 15) is 9.59 Å². The lowest BCUT2D eigenvalue weighted by Crippen LogP contribution is -2.39. The molecule has 2 fully saturated rings. The van der Waals surface area contributed by atoms with Crippen LogP contribution in [0.4, 0.5) is 0 Å². The van der Waals surface area contributed by atoms with E-state index in [0.717, 1.165) is 43.1 Å². The Hall–Kier alpha value is -1.88. The third-order valence-electron chi connectivity index (χ3n) is 4.95. The number of Topliss-reactive ketones (excluding diaryl/α,β-unsaturated/α-hetero) is 1. The number of carbonyl (C=O) groups excluding carboxylic acids is 1. The summed E-state index contributed by atoms with van der Waals surface area (Å²) in [7, 11) is 0. The minimum absolute atomic E-state index is 0.00307. The zero-order valence-corrected chi connectivity index (χ0v) is 13.9. The summed E-state index contributed by atoms with van der Waals surface area (Å²) in [4.78, 5) is 25.2. The Bertz CT molecular complexity index is 572. The van der Waals surface area contributed by atoms with Crippen molar-refractivity contribution >= 4 is 11.8 Å². The molecule has 0 bridgehead atoms. The second kappa shape index (κ2) is 7.79. The third kappa shape index (κ3) is 4.81. The number of carboxylic acid groups (broad SMARTS) is 1. The maximum atomic E-state index is 12.6. The molecule has 1 saturated carbocycles. The molecule has 1 aliphatic heterocycles. The molecule has 0 unspecified atom stereocenters. The zero-order chi connectivity index (χ0) is 16.9. The molecule has 0 aromatic heterocycles. The van der Waals surface area contributed by atoms with Crippen molar-refractivity contribution in [1.29, 1.82) is 0 Å². The molecule has 1 N–H and O–H groups in total. The lowest BCUT2D eigenvalue weighted by molar-refractivity contribution is -0.138. The molecular weight excluding hydrogens is 306 g/mol. The van der Waals surface area contributed by atoms with E-state index in [2.05, 4.69) is 0 Å². The first kappa shape index (κ1) is 17.0. The predicted octanol–water partition coefficient (Wildman–Crippen LogP) is 2.84. The fraction of sp³-hybridized carbons (Fsp3) is 0.579. The summed E-state index contributed by atoms with van der Waals surface area (Å²) in [6.07, 6.45) is 5.25. The molecule has 0 amide bonds. The lowest BCUT2D eigenvalue weighted by Gasteiger charge is -2.29. The molecule has 3 rings (SSSR count). The highest BCUT2D eigenvalue weighted by Gasteiger charge is 2.26. The minimum atomic E-state index is -0.808. The van der Waals surface area contributed by atoms with Gasteiger partial charge in [0.15, 0.2) is 5.78 Å². The molecule has 2 aliphatic rings. The molecule has 1 saturated heterocycles. The van der Waals surface area contributed by atoms with Gasteiger partial charge in [-0.1, -0.05) is 12.8 Å². The average Bonchev–Trinajstić information content (AvgIpc) is 3.39. The van der Waals surface area contributed by atoms with Crippen LogP contribution in [0.15, 0.2) is 24.3 Å². The van der Waals surface area contributed by atoms with E-state index in [4.69, 9.17) is 9.84 Å². The quantitative estimate of drug-likeness (QED) is 0.742. The SMILES string of the molecule is O=C(O)CN1CCC(C(=O)c2ccc(OCCC3CC3)cc2)CC1. The highest BCUT2D eigenvalue weighted by molar-refractivity contribution is 5.98. The van der Waals surface area contributed by atoms with Crippen LogP contribution in [0.25, 0.3) is 0 Å². The highest BCUT2D eigenvalue weighted by Crippen LogP contribution is 2.32. The van der Waals surface area contributed by atoms with E-state index in [1.54, 1.807) is 0 Å². The molecule has 5 heteroatoms. The monoisotopic (exact) mass is 331 g/mol. The van der Waals surface area contributed by atoms with Crippen LogP contribution in [0.3, 0.4) is 0 Å².